The lowest BCUT2D eigenvalue weighted by Crippen LogP contribution is -2.00. The van der Waals surface area contributed by atoms with Gasteiger partial charge in [-0.15, -0.1) is 0 Å². The lowest BCUT2D eigenvalue weighted by Gasteiger charge is -2.13. The Labute approximate surface area is 128 Å². The van der Waals surface area contributed by atoms with Gasteiger partial charge in [0, 0.05) is 17.7 Å². The average molecular weight is 303 g/mol. The Balaban J connectivity index is 2.58. The van der Waals surface area contributed by atoms with E-state index in [9.17, 15) is 15.2 Å². The molecule has 1 atom stereocenters. The fraction of sp³-hybridized carbons (Fsp3) is 0.250. The molecule has 0 bridgehead atoms. The summed E-state index contributed by atoms with van der Waals surface area (Å²) in [4.78, 5) is 10.5. The van der Waals surface area contributed by atoms with Crippen molar-refractivity contribution >= 4 is 5.69 Å². The molecule has 0 aliphatic carbocycles. The number of hydrogen-bond donors (Lipinski definition) is 1. The molecule has 22 heavy (non-hydrogen) atoms. The molecule has 0 spiro atoms. The van der Waals surface area contributed by atoms with Gasteiger partial charge in [-0.25, -0.2) is 0 Å². The number of aliphatic hydroxyl groups excluding tert-OH is 1. The Kier molecular flexibility index (Phi) is 4.62. The summed E-state index contributed by atoms with van der Waals surface area (Å²) in [7, 11) is 3.10. The number of nitrogens with zero attached hydrogens (tertiary/aromatic N) is 1. The van der Waals surface area contributed by atoms with Gasteiger partial charge in [-0.1, -0.05) is 0 Å². The van der Waals surface area contributed by atoms with Gasteiger partial charge in [-0.05, 0) is 36.8 Å². The first-order valence-electron chi connectivity index (χ1n) is 6.66. The summed E-state index contributed by atoms with van der Waals surface area (Å²) in [5.41, 5.74) is 1.65. The highest BCUT2D eigenvalue weighted by Gasteiger charge is 2.19. The molecule has 2 aromatic carbocycles. The molecule has 6 nitrogen and oxygen atoms in total. The topological polar surface area (TPSA) is 81.8 Å². The molecule has 0 saturated carbocycles. The van der Waals surface area contributed by atoms with Crippen molar-refractivity contribution < 1.29 is 19.5 Å². The third kappa shape index (κ3) is 3.01. The van der Waals surface area contributed by atoms with Crippen LogP contribution in [0.4, 0.5) is 5.69 Å². The molecule has 0 amide bonds. The van der Waals surface area contributed by atoms with Crippen molar-refractivity contribution in [1.29, 1.82) is 0 Å². The summed E-state index contributed by atoms with van der Waals surface area (Å²) in [5.74, 6) is 1.24. The fourth-order valence-corrected chi connectivity index (χ4v) is 2.26. The van der Waals surface area contributed by atoms with E-state index >= 15 is 0 Å². The van der Waals surface area contributed by atoms with Gasteiger partial charge < -0.3 is 14.6 Å². The third-order valence-corrected chi connectivity index (χ3v) is 3.39. The second-order valence-electron chi connectivity index (χ2n) is 4.77. The number of hydrogen-bond acceptors (Lipinski definition) is 5. The highest BCUT2D eigenvalue weighted by molar-refractivity contribution is 5.73. The predicted octanol–water partition coefficient (Wildman–Crippen LogP) is 3.33. The number of nitro groups is 1. The zero-order valence-corrected chi connectivity index (χ0v) is 12.6. The van der Waals surface area contributed by atoms with Crippen molar-refractivity contribution in [1.82, 2.24) is 0 Å². The largest absolute Gasteiger partial charge is 0.497 e. The molecule has 2 rings (SSSR count). The number of benzene rings is 2. The molecule has 1 N–H and O–H groups in total. The molecular weight excluding hydrogens is 286 g/mol. The van der Waals surface area contributed by atoms with Crippen molar-refractivity contribution in [3.05, 3.63) is 52.1 Å². The molecule has 0 aliphatic rings. The molecule has 0 fully saturated rings. The summed E-state index contributed by atoms with van der Waals surface area (Å²) >= 11 is 0. The third-order valence-electron chi connectivity index (χ3n) is 3.39. The average Bonchev–Trinajstić information content (AvgIpc) is 2.53. The predicted molar refractivity (Wildman–Crippen MR) is 82.3 cm³/mol. The van der Waals surface area contributed by atoms with E-state index in [2.05, 4.69) is 0 Å². The van der Waals surface area contributed by atoms with Gasteiger partial charge in [0.1, 0.15) is 11.5 Å². The van der Waals surface area contributed by atoms with Crippen LogP contribution < -0.4 is 9.47 Å². The first kappa shape index (κ1) is 15.8. The zero-order chi connectivity index (χ0) is 16.3. The first-order valence-corrected chi connectivity index (χ1v) is 6.66. The molecule has 2 aromatic rings. The van der Waals surface area contributed by atoms with Gasteiger partial charge in [0.2, 0.25) is 0 Å². The van der Waals surface area contributed by atoms with E-state index in [1.165, 1.54) is 13.0 Å². The van der Waals surface area contributed by atoms with Crippen LogP contribution in [0.3, 0.4) is 0 Å². The Bertz CT molecular complexity index is 697. The zero-order valence-electron chi connectivity index (χ0n) is 12.6. The van der Waals surface area contributed by atoms with Crippen molar-refractivity contribution in [2.45, 2.75) is 13.0 Å². The Morgan fingerprint density at radius 1 is 1.14 bits per heavy atom. The normalized spacial score (nSPS) is 11.8. The smallest absolute Gasteiger partial charge is 0.275 e. The first-order chi connectivity index (χ1) is 10.5. The van der Waals surface area contributed by atoms with Crippen LogP contribution in [0.2, 0.25) is 0 Å². The van der Waals surface area contributed by atoms with Gasteiger partial charge in [-0.3, -0.25) is 10.1 Å². The van der Waals surface area contributed by atoms with Crippen LogP contribution >= 0.6 is 0 Å². The van der Waals surface area contributed by atoms with Crippen LogP contribution in [0.15, 0.2) is 36.4 Å². The maximum Gasteiger partial charge on any atom is 0.275 e. The number of ether oxygens (including phenoxy) is 2. The summed E-state index contributed by atoms with van der Waals surface area (Å²) in [6.45, 7) is 1.50. The van der Waals surface area contributed by atoms with E-state index in [1.54, 1.807) is 38.5 Å². The SMILES string of the molecule is COc1ccc(-c2ccc([N+](=O)[O-])c(C(C)O)c2)c(OC)c1. The molecular formula is C16H17NO5. The van der Waals surface area contributed by atoms with E-state index in [1.807, 2.05) is 6.07 Å². The molecule has 1 unspecified atom stereocenters. The van der Waals surface area contributed by atoms with Crippen LogP contribution in [0.5, 0.6) is 11.5 Å². The van der Waals surface area contributed by atoms with Crippen LogP contribution in [0.25, 0.3) is 11.1 Å². The minimum absolute atomic E-state index is 0.105. The van der Waals surface area contributed by atoms with Crippen molar-refractivity contribution in [2.75, 3.05) is 14.2 Å². The van der Waals surface area contributed by atoms with Gasteiger partial charge in [0.05, 0.1) is 30.8 Å². The number of aliphatic hydroxyl groups is 1. The van der Waals surface area contributed by atoms with Gasteiger partial charge in [-0.2, -0.15) is 0 Å². The second-order valence-corrected chi connectivity index (χ2v) is 4.77. The van der Waals surface area contributed by atoms with Crippen LogP contribution in [0.1, 0.15) is 18.6 Å². The minimum Gasteiger partial charge on any atom is -0.497 e. The molecule has 0 aliphatic heterocycles. The standard InChI is InChI=1S/C16H17NO5/c1-10(18)14-8-11(4-7-15(14)17(19)20)13-6-5-12(21-2)9-16(13)22-3/h4-10,18H,1-3H3. The Morgan fingerprint density at radius 2 is 1.86 bits per heavy atom. The van der Waals surface area contributed by atoms with Crippen LogP contribution in [0, 0.1) is 10.1 Å². The van der Waals surface area contributed by atoms with Crippen LogP contribution in [-0.4, -0.2) is 24.2 Å². The molecule has 0 aromatic heterocycles. The van der Waals surface area contributed by atoms with Gasteiger partial charge in [0.15, 0.2) is 0 Å². The van der Waals surface area contributed by atoms with E-state index in [-0.39, 0.29) is 11.3 Å². The summed E-state index contributed by atoms with van der Waals surface area (Å²) < 4.78 is 10.5. The molecule has 0 saturated heterocycles. The number of nitro benzene ring substituents is 1. The van der Waals surface area contributed by atoms with Crippen molar-refractivity contribution in [3.8, 4) is 22.6 Å². The summed E-state index contributed by atoms with van der Waals surface area (Å²) in [6.07, 6.45) is -0.940. The monoisotopic (exact) mass is 303 g/mol. The Hall–Kier alpha value is -2.60. The maximum atomic E-state index is 11.0. The summed E-state index contributed by atoms with van der Waals surface area (Å²) in [6, 6.07) is 9.95. The van der Waals surface area contributed by atoms with E-state index < -0.39 is 11.0 Å². The molecule has 0 radical (unpaired) electrons. The quantitative estimate of drug-likeness (QED) is 0.676. The van der Waals surface area contributed by atoms with Crippen molar-refractivity contribution in [3.63, 3.8) is 0 Å². The Morgan fingerprint density at radius 3 is 2.41 bits per heavy atom. The van der Waals surface area contributed by atoms with Gasteiger partial charge in [0.25, 0.3) is 5.69 Å². The highest BCUT2D eigenvalue weighted by atomic mass is 16.6. The molecule has 116 valence electrons. The lowest BCUT2D eigenvalue weighted by atomic mass is 9.98. The highest BCUT2D eigenvalue weighted by Crippen LogP contribution is 2.36. The number of rotatable bonds is 5. The van der Waals surface area contributed by atoms with Gasteiger partial charge >= 0.3 is 0 Å². The fourth-order valence-electron chi connectivity index (χ4n) is 2.26. The molecule has 6 heteroatoms. The van der Waals surface area contributed by atoms with E-state index in [0.717, 1.165) is 11.1 Å². The summed E-state index contributed by atoms with van der Waals surface area (Å²) in [5, 5.41) is 20.8. The molecule has 0 heterocycles. The van der Waals surface area contributed by atoms with Crippen molar-refractivity contribution in [2.24, 2.45) is 0 Å². The number of methoxy groups -OCH3 is 2. The van der Waals surface area contributed by atoms with Crippen LogP contribution in [-0.2, 0) is 0 Å². The van der Waals surface area contributed by atoms with E-state index in [4.69, 9.17) is 9.47 Å². The lowest BCUT2D eigenvalue weighted by molar-refractivity contribution is -0.386. The van der Waals surface area contributed by atoms with E-state index in [0.29, 0.717) is 11.5 Å². The second kappa shape index (κ2) is 6.44. The maximum absolute atomic E-state index is 11.0. The minimum atomic E-state index is -0.940.